The number of carboxylic acid groups (broad SMARTS) is 1. The summed E-state index contributed by atoms with van der Waals surface area (Å²) >= 11 is 3.19. The number of thiazole rings is 2. The SMILES string of the molecule is CN(c1nc2sc(-c3cnc(-c4ccn(C)c(=O)c4)cn3)nc2s1)C1C[C@]2(C)CC[C@](C)(C1)N2.O=C(O)C(F)(F)F. The molecule has 10 nitrogen and oxygen atoms in total. The quantitative estimate of drug-likeness (QED) is 0.339. The second kappa shape index (κ2) is 10.4. The van der Waals surface area contributed by atoms with Crippen molar-refractivity contribution in [2.75, 3.05) is 11.9 Å². The molecular weight excluding hydrogens is 579 g/mol. The zero-order valence-electron chi connectivity index (χ0n) is 22.7. The zero-order valence-corrected chi connectivity index (χ0v) is 24.3. The Morgan fingerprint density at radius 3 is 2.22 bits per heavy atom. The average molecular weight is 608 g/mol. The lowest BCUT2D eigenvalue weighted by Gasteiger charge is -2.45. The number of aromatic nitrogens is 5. The van der Waals surface area contributed by atoms with E-state index >= 15 is 0 Å². The molecule has 2 saturated heterocycles. The van der Waals surface area contributed by atoms with E-state index in [9.17, 15) is 18.0 Å². The van der Waals surface area contributed by atoms with Crippen LogP contribution in [0.4, 0.5) is 18.3 Å². The van der Waals surface area contributed by atoms with Gasteiger partial charge in [-0.2, -0.15) is 13.2 Å². The van der Waals surface area contributed by atoms with Gasteiger partial charge in [-0.3, -0.25) is 9.78 Å². The van der Waals surface area contributed by atoms with E-state index in [1.54, 1.807) is 54.4 Å². The predicted molar refractivity (Wildman–Crippen MR) is 151 cm³/mol. The molecule has 2 aliphatic rings. The first-order valence-electron chi connectivity index (χ1n) is 12.7. The largest absolute Gasteiger partial charge is 0.490 e. The minimum Gasteiger partial charge on any atom is -0.475 e. The number of aliphatic carboxylic acids is 1. The van der Waals surface area contributed by atoms with Gasteiger partial charge in [0.05, 0.1) is 18.1 Å². The molecular formula is C26H28F3N7O3S2. The zero-order chi connectivity index (χ0) is 29.7. The van der Waals surface area contributed by atoms with Crippen molar-refractivity contribution < 1.29 is 23.1 Å². The standard InChI is InChI=1S/C24H27N7OS2.C2HF3O2/c1-23-6-7-24(2,29-23)11-15(10-23)31(4)22-28-21-20(34-22)27-19(33-21)17-13-25-16(12-26-17)14-5-8-30(3)18(32)9-14;3-2(4,5)1(6)7/h5,8-9,12-13,15,29H,6-7,10-11H2,1-4H3;(H,6,7)/t15?,23-,24+;. The van der Waals surface area contributed by atoms with E-state index in [2.05, 4.69) is 41.1 Å². The Morgan fingerprint density at radius 2 is 1.68 bits per heavy atom. The number of nitrogens with zero attached hydrogens (tertiary/aromatic N) is 6. The van der Waals surface area contributed by atoms with Crippen molar-refractivity contribution in [1.82, 2.24) is 29.8 Å². The van der Waals surface area contributed by atoms with Crippen LogP contribution in [0, 0.1) is 0 Å². The summed E-state index contributed by atoms with van der Waals surface area (Å²) in [6, 6.07) is 3.91. The Balaban J connectivity index is 0.000000431. The predicted octanol–water partition coefficient (Wildman–Crippen LogP) is 4.71. The first-order valence-corrected chi connectivity index (χ1v) is 14.4. The fourth-order valence-electron chi connectivity index (χ4n) is 5.44. The summed E-state index contributed by atoms with van der Waals surface area (Å²) in [5, 5.41) is 12.8. The molecule has 41 heavy (non-hydrogen) atoms. The molecule has 4 aromatic heterocycles. The van der Waals surface area contributed by atoms with Crippen molar-refractivity contribution in [2.24, 2.45) is 7.05 Å². The molecule has 0 aromatic carbocycles. The average Bonchev–Trinajstić information content (AvgIpc) is 3.54. The number of piperidine rings is 1. The van der Waals surface area contributed by atoms with Gasteiger partial charge < -0.3 is 19.9 Å². The molecule has 3 atom stereocenters. The van der Waals surface area contributed by atoms with Crippen molar-refractivity contribution in [3.05, 3.63) is 41.1 Å². The van der Waals surface area contributed by atoms with Crippen molar-refractivity contribution in [3.63, 3.8) is 0 Å². The molecule has 0 radical (unpaired) electrons. The Hall–Kier alpha value is -3.43. The van der Waals surface area contributed by atoms with Crippen LogP contribution in [0.25, 0.3) is 31.6 Å². The van der Waals surface area contributed by atoms with E-state index in [0.29, 0.717) is 17.4 Å². The molecule has 0 spiro atoms. The maximum Gasteiger partial charge on any atom is 0.490 e. The van der Waals surface area contributed by atoms with E-state index < -0.39 is 12.1 Å². The van der Waals surface area contributed by atoms with E-state index in [1.165, 1.54) is 17.4 Å². The van der Waals surface area contributed by atoms with Crippen LogP contribution in [0.1, 0.15) is 39.5 Å². The van der Waals surface area contributed by atoms with E-state index in [1.807, 2.05) is 6.07 Å². The van der Waals surface area contributed by atoms with Gasteiger partial charge in [0, 0.05) is 49.0 Å². The van der Waals surface area contributed by atoms with Crippen LogP contribution in [-0.2, 0) is 11.8 Å². The number of carboxylic acids is 1. The van der Waals surface area contributed by atoms with Gasteiger partial charge in [-0.05, 0) is 45.6 Å². The van der Waals surface area contributed by atoms with Crippen molar-refractivity contribution in [2.45, 2.75) is 62.8 Å². The number of nitrogens with one attached hydrogen (secondary N) is 1. The highest BCUT2D eigenvalue weighted by atomic mass is 32.1. The van der Waals surface area contributed by atoms with Gasteiger partial charge in [0.2, 0.25) is 0 Å². The van der Waals surface area contributed by atoms with Crippen LogP contribution >= 0.6 is 22.7 Å². The second-order valence-corrected chi connectivity index (χ2v) is 12.9. The smallest absolute Gasteiger partial charge is 0.475 e. The molecule has 6 rings (SSSR count). The first kappa shape index (κ1) is 29.1. The molecule has 1 unspecified atom stereocenters. The van der Waals surface area contributed by atoms with Gasteiger partial charge in [-0.25, -0.2) is 19.7 Å². The maximum absolute atomic E-state index is 11.9. The van der Waals surface area contributed by atoms with Gasteiger partial charge >= 0.3 is 12.1 Å². The van der Waals surface area contributed by atoms with Crippen LogP contribution in [0.15, 0.2) is 35.5 Å². The van der Waals surface area contributed by atoms with Gasteiger partial charge in [-0.15, -0.1) is 0 Å². The van der Waals surface area contributed by atoms with Gasteiger partial charge in [0.15, 0.2) is 14.8 Å². The van der Waals surface area contributed by atoms with Crippen LogP contribution in [0.2, 0.25) is 0 Å². The summed E-state index contributed by atoms with van der Waals surface area (Å²) in [4.78, 5) is 43.9. The lowest BCUT2D eigenvalue weighted by atomic mass is 9.84. The topological polar surface area (TPSA) is 126 Å². The van der Waals surface area contributed by atoms with E-state index in [-0.39, 0.29) is 16.6 Å². The molecule has 0 saturated carbocycles. The van der Waals surface area contributed by atoms with E-state index in [0.717, 1.165) is 38.2 Å². The van der Waals surface area contributed by atoms with Gasteiger partial charge in [0.25, 0.3) is 5.56 Å². The molecule has 6 heterocycles. The fraction of sp³-hybridized carbons (Fsp3) is 0.462. The summed E-state index contributed by atoms with van der Waals surface area (Å²) in [5.41, 5.74) is 2.52. The highest BCUT2D eigenvalue weighted by Crippen LogP contribution is 2.45. The highest BCUT2D eigenvalue weighted by molar-refractivity contribution is 7.29. The highest BCUT2D eigenvalue weighted by Gasteiger charge is 2.49. The molecule has 4 aromatic rings. The second-order valence-electron chi connectivity index (χ2n) is 11.0. The minimum atomic E-state index is -5.08. The summed E-state index contributed by atoms with van der Waals surface area (Å²) < 4.78 is 33.3. The Kier molecular flexibility index (Phi) is 7.40. The lowest BCUT2D eigenvalue weighted by molar-refractivity contribution is -0.192. The number of halogens is 3. The molecule has 2 aliphatic heterocycles. The number of hydrogen-bond donors (Lipinski definition) is 2. The summed E-state index contributed by atoms with van der Waals surface area (Å²) in [6.07, 6.45) is 4.82. The molecule has 2 N–H and O–H groups in total. The van der Waals surface area contributed by atoms with Gasteiger partial charge in [0.1, 0.15) is 10.7 Å². The number of rotatable bonds is 4. The number of fused-ring (bicyclic) bond motifs is 3. The van der Waals surface area contributed by atoms with Crippen LogP contribution in [-0.4, -0.2) is 65.9 Å². The normalized spacial score (nSPS) is 23.7. The number of anilines is 1. The molecule has 2 fully saturated rings. The number of pyridine rings is 1. The molecule has 2 bridgehead atoms. The number of alkyl halides is 3. The molecule has 15 heteroatoms. The molecule has 0 aliphatic carbocycles. The van der Waals surface area contributed by atoms with Crippen molar-refractivity contribution in [3.8, 4) is 22.0 Å². The maximum atomic E-state index is 11.9. The van der Waals surface area contributed by atoms with Crippen LogP contribution in [0.3, 0.4) is 0 Å². The minimum absolute atomic E-state index is 0.0734. The number of aryl methyl sites for hydroxylation is 1. The Labute approximate surface area is 240 Å². The van der Waals surface area contributed by atoms with Crippen molar-refractivity contribution >= 4 is 43.4 Å². The molecule has 0 amide bonds. The Bertz CT molecular complexity index is 1600. The third kappa shape index (κ3) is 6.11. The van der Waals surface area contributed by atoms with Crippen LogP contribution in [0.5, 0.6) is 0 Å². The van der Waals surface area contributed by atoms with Gasteiger partial charge in [-0.1, -0.05) is 22.7 Å². The van der Waals surface area contributed by atoms with Crippen molar-refractivity contribution in [1.29, 1.82) is 0 Å². The third-order valence-electron chi connectivity index (χ3n) is 7.53. The summed E-state index contributed by atoms with van der Waals surface area (Å²) in [7, 11) is 3.90. The number of carbonyl (C=O) groups is 1. The third-order valence-corrected chi connectivity index (χ3v) is 9.67. The lowest BCUT2D eigenvalue weighted by Crippen LogP contribution is -2.58. The van der Waals surface area contributed by atoms with Crippen LogP contribution < -0.4 is 15.8 Å². The summed E-state index contributed by atoms with van der Waals surface area (Å²) in [6.45, 7) is 4.71. The Morgan fingerprint density at radius 1 is 1.10 bits per heavy atom. The van der Waals surface area contributed by atoms with E-state index in [4.69, 9.17) is 19.9 Å². The summed E-state index contributed by atoms with van der Waals surface area (Å²) in [5.74, 6) is -2.76. The number of hydrogen-bond acceptors (Lipinski definition) is 10. The monoisotopic (exact) mass is 607 g/mol. The first-order chi connectivity index (χ1) is 19.1. The molecule has 218 valence electrons. The fourth-order valence-corrected chi connectivity index (χ4v) is 7.47.